The van der Waals surface area contributed by atoms with Crippen LogP contribution in [0.2, 0.25) is 0 Å². The van der Waals surface area contributed by atoms with Crippen LogP contribution in [0.5, 0.6) is 0 Å². The van der Waals surface area contributed by atoms with Crippen molar-refractivity contribution >= 4 is 9.84 Å². The van der Waals surface area contributed by atoms with Crippen LogP contribution in [0.3, 0.4) is 0 Å². The molecule has 1 aliphatic rings. The Bertz CT molecular complexity index is 556. The molecule has 2 rings (SSSR count). The third-order valence-corrected chi connectivity index (χ3v) is 6.18. The van der Waals surface area contributed by atoms with Gasteiger partial charge in [0.2, 0.25) is 0 Å². The summed E-state index contributed by atoms with van der Waals surface area (Å²) in [7, 11) is 0.850. The predicted molar refractivity (Wildman–Crippen MR) is 84.0 cm³/mol. The molecule has 1 saturated heterocycles. The van der Waals surface area contributed by atoms with E-state index in [9.17, 15) is 13.5 Å². The minimum atomic E-state index is -2.90. The minimum Gasteiger partial charge on any atom is -0.394 e. The van der Waals surface area contributed by atoms with Crippen LogP contribution in [0.25, 0.3) is 0 Å². The van der Waals surface area contributed by atoms with E-state index in [1.807, 2.05) is 49.3 Å². The van der Waals surface area contributed by atoms with Crippen LogP contribution in [0.15, 0.2) is 30.3 Å². The lowest BCUT2D eigenvalue weighted by Crippen LogP contribution is -2.53. The molecule has 0 aromatic heterocycles. The number of hydrogen-bond acceptors (Lipinski definition) is 5. The van der Waals surface area contributed by atoms with Crippen molar-refractivity contribution in [1.82, 2.24) is 10.2 Å². The van der Waals surface area contributed by atoms with Crippen molar-refractivity contribution in [2.75, 3.05) is 38.8 Å². The highest BCUT2D eigenvalue weighted by Crippen LogP contribution is 2.24. The Morgan fingerprint density at radius 1 is 1.38 bits per heavy atom. The highest BCUT2D eigenvalue weighted by molar-refractivity contribution is 7.91. The smallest absolute Gasteiger partial charge is 0.151 e. The van der Waals surface area contributed by atoms with Crippen molar-refractivity contribution in [3.05, 3.63) is 35.9 Å². The van der Waals surface area contributed by atoms with Gasteiger partial charge in [0, 0.05) is 12.6 Å². The first-order valence-corrected chi connectivity index (χ1v) is 9.00. The number of nitrogens with zero attached hydrogens (tertiary/aromatic N) is 1. The van der Waals surface area contributed by atoms with Crippen LogP contribution >= 0.6 is 0 Å². The van der Waals surface area contributed by atoms with Gasteiger partial charge in [-0.05, 0) is 26.1 Å². The molecule has 1 aliphatic heterocycles. The van der Waals surface area contributed by atoms with Crippen LogP contribution in [0.1, 0.15) is 12.0 Å². The van der Waals surface area contributed by atoms with E-state index in [1.54, 1.807) is 0 Å². The van der Waals surface area contributed by atoms with E-state index in [2.05, 4.69) is 5.32 Å². The zero-order chi connectivity index (χ0) is 15.5. The van der Waals surface area contributed by atoms with Crippen LogP contribution in [-0.4, -0.2) is 63.2 Å². The molecule has 0 amide bonds. The van der Waals surface area contributed by atoms with Crippen LogP contribution in [0.4, 0.5) is 0 Å². The number of hydrogen-bond donors (Lipinski definition) is 2. The molecule has 1 heterocycles. The molecular formula is C15H24N2O3S. The Labute approximate surface area is 126 Å². The minimum absolute atomic E-state index is 0.0259. The zero-order valence-electron chi connectivity index (χ0n) is 12.6. The first kappa shape index (κ1) is 16.4. The number of rotatable bonds is 6. The Morgan fingerprint density at radius 2 is 2.05 bits per heavy atom. The molecule has 1 aromatic carbocycles. The number of aliphatic hydroxyl groups excluding tert-OH is 1. The van der Waals surface area contributed by atoms with Crippen molar-refractivity contribution in [2.24, 2.45) is 0 Å². The van der Waals surface area contributed by atoms with Gasteiger partial charge in [0.05, 0.1) is 23.7 Å². The molecule has 1 aromatic rings. The summed E-state index contributed by atoms with van der Waals surface area (Å²) in [5.74, 6) is 0.475. The van der Waals surface area contributed by atoms with E-state index >= 15 is 0 Å². The maximum atomic E-state index is 11.6. The summed E-state index contributed by atoms with van der Waals surface area (Å²) in [6.45, 7) is 0.515. The number of likely N-dealkylation sites (N-methyl/N-ethyl adjacent to an activating group) is 2. The maximum absolute atomic E-state index is 11.6. The standard InChI is InChI=1S/C15H24N2O3S/c1-16-15(12-18,13-6-4-3-5-7-13)11-17(2)14-8-9-21(19,20)10-14/h3-7,14,16,18H,8-12H2,1-2H3. The monoisotopic (exact) mass is 312 g/mol. The molecule has 21 heavy (non-hydrogen) atoms. The predicted octanol–water partition coefficient (Wildman–Crippen LogP) is 0.213. The lowest BCUT2D eigenvalue weighted by Gasteiger charge is -2.38. The Hall–Kier alpha value is -0.950. The molecule has 2 N–H and O–H groups in total. The summed E-state index contributed by atoms with van der Waals surface area (Å²) in [5.41, 5.74) is 0.422. The molecule has 0 radical (unpaired) electrons. The molecule has 2 unspecified atom stereocenters. The van der Waals surface area contributed by atoms with Gasteiger partial charge >= 0.3 is 0 Å². The molecule has 0 spiro atoms. The lowest BCUT2D eigenvalue weighted by molar-refractivity contribution is 0.109. The van der Waals surface area contributed by atoms with E-state index in [1.165, 1.54) is 0 Å². The van der Waals surface area contributed by atoms with E-state index < -0.39 is 15.4 Å². The molecule has 0 bridgehead atoms. The SMILES string of the molecule is CNC(CO)(CN(C)C1CCS(=O)(=O)C1)c1ccccc1. The average Bonchev–Trinajstić information content (AvgIpc) is 2.86. The van der Waals surface area contributed by atoms with Gasteiger partial charge in [0.15, 0.2) is 9.84 Å². The number of aliphatic hydroxyl groups is 1. The molecule has 2 atom stereocenters. The summed E-state index contributed by atoms with van der Waals surface area (Å²) in [6.07, 6.45) is 0.666. The molecule has 0 aliphatic carbocycles. The molecule has 0 saturated carbocycles. The van der Waals surface area contributed by atoms with Gasteiger partial charge in [0.1, 0.15) is 0 Å². The van der Waals surface area contributed by atoms with Crippen LogP contribution in [-0.2, 0) is 15.4 Å². The second kappa shape index (κ2) is 6.44. The maximum Gasteiger partial charge on any atom is 0.151 e. The zero-order valence-corrected chi connectivity index (χ0v) is 13.4. The fourth-order valence-electron chi connectivity index (χ4n) is 2.97. The highest BCUT2D eigenvalue weighted by Gasteiger charge is 2.36. The Kier molecular flexibility index (Phi) is 5.03. The third-order valence-electron chi connectivity index (χ3n) is 4.43. The molecule has 5 nitrogen and oxygen atoms in total. The van der Waals surface area contributed by atoms with Gasteiger partial charge < -0.3 is 15.3 Å². The fourth-order valence-corrected chi connectivity index (χ4v) is 4.78. The van der Waals surface area contributed by atoms with Crippen molar-refractivity contribution in [3.63, 3.8) is 0 Å². The van der Waals surface area contributed by atoms with Crippen LogP contribution in [0, 0.1) is 0 Å². The summed E-state index contributed by atoms with van der Waals surface area (Å²) >= 11 is 0. The quantitative estimate of drug-likeness (QED) is 0.786. The van der Waals surface area contributed by atoms with Crippen molar-refractivity contribution in [1.29, 1.82) is 0 Å². The Balaban J connectivity index is 2.17. The van der Waals surface area contributed by atoms with Gasteiger partial charge in [0.25, 0.3) is 0 Å². The molecular weight excluding hydrogens is 288 g/mol. The molecule has 6 heteroatoms. The molecule has 1 fully saturated rings. The average molecular weight is 312 g/mol. The number of nitrogens with one attached hydrogen (secondary N) is 1. The van der Waals surface area contributed by atoms with Gasteiger partial charge in [-0.3, -0.25) is 0 Å². The summed E-state index contributed by atoms with van der Waals surface area (Å²) < 4.78 is 23.3. The van der Waals surface area contributed by atoms with E-state index in [-0.39, 0.29) is 24.2 Å². The normalized spacial score (nSPS) is 24.1. The largest absolute Gasteiger partial charge is 0.394 e. The van der Waals surface area contributed by atoms with Crippen LogP contribution < -0.4 is 5.32 Å². The third kappa shape index (κ3) is 3.63. The topological polar surface area (TPSA) is 69.6 Å². The van der Waals surface area contributed by atoms with E-state index in [0.29, 0.717) is 13.0 Å². The van der Waals surface area contributed by atoms with Gasteiger partial charge in [-0.2, -0.15) is 0 Å². The first-order valence-electron chi connectivity index (χ1n) is 7.18. The fraction of sp³-hybridized carbons (Fsp3) is 0.600. The second-order valence-electron chi connectivity index (χ2n) is 5.83. The molecule has 118 valence electrons. The Morgan fingerprint density at radius 3 is 2.52 bits per heavy atom. The summed E-state index contributed by atoms with van der Waals surface area (Å²) in [6, 6.07) is 9.80. The van der Waals surface area contributed by atoms with Gasteiger partial charge in [-0.25, -0.2) is 8.42 Å². The number of benzene rings is 1. The van der Waals surface area contributed by atoms with Gasteiger partial charge in [-0.15, -0.1) is 0 Å². The number of sulfone groups is 1. The lowest BCUT2D eigenvalue weighted by atomic mass is 9.89. The van der Waals surface area contributed by atoms with Gasteiger partial charge in [-0.1, -0.05) is 30.3 Å². The van der Waals surface area contributed by atoms with Crippen molar-refractivity contribution in [2.45, 2.75) is 18.0 Å². The van der Waals surface area contributed by atoms with E-state index in [0.717, 1.165) is 5.56 Å². The summed E-state index contributed by atoms with van der Waals surface area (Å²) in [4.78, 5) is 2.05. The highest BCUT2D eigenvalue weighted by atomic mass is 32.2. The first-order chi connectivity index (χ1) is 9.92. The second-order valence-corrected chi connectivity index (χ2v) is 8.06. The summed E-state index contributed by atoms with van der Waals surface area (Å²) in [5, 5.41) is 13.1. The van der Waals surface area contributed by atoms with Crippen molar-refractivity contribution in [3.8, 4) is 0 Å². The van der Waals surface area contributed by atoms with E-state index in [4.69, 9.17) is 0 Å². The van der Waals surface area contributed by atoms with Crippen molar-refractivity contribution < 1.29 is 13.5 Å².